The number of ether oxygens (including phenoxy) is 3. The SMILES string of the molecule is COc1ccc(C2OC(=O)C(=O)/C2=C(/O)c2ccccc2)cc1OC. The van der Waals surface area contributed by atoms with Crippen LogP contribution in [0.25, 0.3) is 5.76 Å². The summed E-state index contributed by atoms with van der Waals surface area (Å²) in [4.78, 5) is 24.0. The lowest BCUT2D eigenvalue weighted by Crippen LogP contribution is -2.08. The van der Waals surface area contributed by atoms with E-state index >= 15 is 0 Å². The van der Waals surface area contributed by atoms with Crippen molar-refractivity contribution in [1.29, 1.82) is 0 Å². The Kier molecular flexibility index (Phi) is 4.43. The molecule has 3 rings (SSSR count). The molecule has 1 heterocycles. The molecule has 2 aromatic carbocycles. The molecule has 0 bridgehead atoms. The molecular weight excluding hydrogens is 324 g/mol. The highest BCUT2D eigenvalue weighted by Crippen LogP contribution is 2.39. The first-order chi connectivity index (χ1) is 12.1. The van der Waals surface area contributed by atoms with Crippen molar-refractivity contribution >= 4 is 17.5 Å². The average Bonchev–Trinajstić information content (AvgIpc) is 2.96. The largest absolute Gasteiger partial charge is 0.507 e. The minimum Gasteiger partial charge on any atom is -0.507 e. The minimum atomic E-state index is -1.01. The van der Waals surface area contributed by atoms with Crippen molar-refractivity contribution in [2.24, 2.45) is 0 Å². The van der Waals surface area contributed by atoms with Gasteiger partial charge in [-0.2, -0.15) is 0 Å². The van der Waals surface area contributed by atoms with E-state index in [0.717, 1.165) is 0 Å². The van der Waals surface area contributed by atoms with Crippen LogP contribution in [0.3, 0.4) is 0 Å². The van der Waals surface area contributed by atoms with Crippen molar-refractivity contribution < 1.29 is 28.9 Å². The molecule has 0 saturated carbocycles. The number of methoxy groups -OCH3 is 2. The van der Waals surface area contributed by atoms with Gasteiger partial charge in [-0.05, 0) is 12.1 Å². The van der Waals surface area contributed by atoms with Gasteiger partial charge >= 0.3 is 5.97 Å². The Morgan fingerprint density at radius 3 is 2.32 bits per heavy atom. The zero-order chi connectivity index (χ0) is 18.0. The number of cyclic esters (lactones) is 1. The summed E-state index contributed by atoms with van der Waals surface area (Å²) in [6.07, 6.45) is -1.01. The first-order valence-electron chi connectivity index (χ1n) is 7.52. The summed E-state index contributed by atoms with van der Waals surface area (Å²) in [6.45, 7) is 0. The molecule has 1 aliphatic heterocycles. The normalized spacial score (nSPS) is 18.7. The van der Waals surface area contributed by atoms with Crippen molar-refractivity contribution in [3.8, 4) is 11.5 Å². The summed E-state index contributed by atoms with van der Waals surface area (Å²) in [6, 6.07) is 13.4. The lowest BCUT2D eigenvalue weighted by atomic mass is 9.96. The fourth-order valence-corrected chi connectivity index (χ4v) is 2.68. The molecule has 0 amide bonds. The van der Waals surface area contributed by atoms with Crippen LogP contribution in [0.2, 0.25) is 0 Å². The molecule has 1 atom stereocenters. The average molecular weight is 340 g/mol. The quantitative estimate of drug-likeness (QED) is 0.399. The van der Waals surface area contributed by atoms with E-state index in [2.05, 4.69) is 0 Å². The van der Waals surface area contributed by atoms with Gasteiger partial charge in [0.1, 0.15) is 5.76 Å². The maximum Gasteiger partial charge on any atom is 0.380 e. The van der Waals surface area contributed by atoms with Crippen LogP contribution in [0.1, 0.15) is 17.2 Å². The Morgan fingerprint density at radius 2 is 1.68 bits per heavy atom. The van der Waals surface area contributed by atoms with Gasteiger partial charge in [0.25, 0.3) is 5.78 Å². The van der Waals surface area contributed by atoms with Crippen LogP contribution in [0.4, 0.5) is 0 Å². The van der Waals surface area contributed by atoms with Gasteiger partial charge in [-0.3, -0.25) is 4.79 Å². The number of carbonyl (C=O) groups is 2. The van der Waals surface area contributed by atoms with E-state index in [1.807, 2.05) is 0 Å². The second-order valence-electron chi connectivity index (χ2n) is 5.36. The van der Waals surface area contributed by atoms with Gasteiger partial charge in [0.05, 0.1) is 19.8 Å². The molecule has 0 aliphatic carbocycles. The Hall–Kier alpha value is -3.28. The van der Waals surface area contributed by atoms with Crippen LogP contribution in [0.5, 0.6) is 11.5 Å². The highest BCUT2D eigenvalue weighted by Gasteiger charge is 2.42. The number of esters is 1. The monoisotopic (exact) mass is 340 g/mol. The van der Waals surface area contributed by atoms with E-state index in [9.17, 15) is 14.7 Å². The van der Waals surface area contributed by atoms with Gasteiger partial charge in [-0.15, -0.1) is 0 Å². The van der Waals surface area contributed by atoms with E-state index in [0.29, 0.717) is 22.6 Å². The van der Waals surface area contributed by atoms with E-state index in [1.54, 1.807) is 48.5 Å². The number of Topliss-reactive ketones (excluding diaryl/α,β-unsaturated/α-hetero) is 1. The first kappa shape index (κ1) is 16.6. The van der Waals surface area contributed by atoms with Gasteiger partial charge in [-0.25, -0.2) is 4.79 Å². The summed E-state index contributed by atoms with van der Waals surface area (Å²) >= 11 is 0. The Morgan fingerprint density at radius 1 is 1.00 bits per heavy atom. The molecule has 128 valence electrons. The van der Waals surface area contributed by atoms with Crippen LogP contribution in [-0.2, 0) is 14.3 Å². The summed E-state index contributed by atoms with van der Waals surface area (Å²) in [5.41, 5.74) is 0.826. The van der Waals surface area contributed by atoms with Crippen molar-refractivity contribution in [2.45, 2.75) is 6.10 Å². The van der Waals surface area contributed by atoms with Gasteiger partial charge in [-0.1, -0.05) is 36.4 Å². The van der Waals surface area contributed by atoms with Crippen LogP contribution in [-0.4, -0.2) is 31.1 Å². The molecule has 1 fully saturated rings. The Bertz CT molecular complexity index is 853. The van der Waals surface area contributed by atoms with Crippen molar-refractivity contribution in [3.05, 3.63) is 65.2 Å². The first-order valence-corrected chi connectivity index (χ1v) is 7.52. The zero-order valence-corrected chi connectivity index (χ0v) is 13.7. The number of aliphatic hydroxyl groups excluding tert-OH is 1. The van der Waals surface area contributed by atoms with Gasteiger partial charge in [0, 0.05) is 11.1 Å². The summed E-state index contributed by atoms with van der Waals surface area (Å²) < 4.78 is 15.6. The van der Waals surface area contributed by atoms with E-state index in [4.69, 9.17) is 14.2 Å². The van der Waals surface area contributed by atoms with Crippen LogP contribution >= 0.6 is 0 Å². The predicted molar refractivity (Wildman–Crippen MR) is 89.4 cm³/mol. The molecule has 2 aromatic rings. The summed E-state index contributed by atoms with van der Waals surface area (Å²) in [5.74, 6) is -1.22. The number of ketones is 1. The van der Waals surface area contributed by atoms with Crippen LogP contribution in [0, 0.1) is 0 Å². The molecule has 1 saturated heterocycles. The molecule has 1 N–H and O–H groups in total. The molecule has 25 heavy (non-hydrogen) atoms. The molecule has 6 nitrogen and oxygen atoms in total. The van der Waals surface area contributed by atoms with Gasteiger partial charge < -0.3 is 19.3 Å². The molecule has 0 spiro atoms. The number of rotatable bonds is 4. The molecule has 0 aromatic heterocycles. The minimum absolute atomic E-state index is 0.0941. The third-order valence-corrected chi connectivity index (χ3v) is 3.93. The molecule has 0 radical (unpaired) electrons. The summed E-state index contributed by atoms with van der Waals surface area (Å²) in [7, 11) is 2.98. The van der Waals surface area contributed by atoms with Crippen LogP contribution in [0.15, 0.2) is 54.1 Å². The second-order valence-corrected chi connectivity index (χ2v) is 5.36. The third-order valence-electron chi connectivity index (χ3n) is 3.93. The number of hydrogen-bond acceptors (Lipinski definition) is 6. The predicted octanol–water partition coefficient (Wildman–Crippen LogP) is 2.84. The lowest BCUT2D eigenvalue weighted by molar-refractivity contribution is -0.149. The van der Waals surface area contributed by atoms with E-state index in [-0.39, 0.29) is 11.3 Å². The fourth-order valence-electron chi connectivity index (χ4n) is 2.68. The number of aliphatic hydroxyl groups is 1. The van der Waals surface area contributed by atoms with E-state index < -0.39 is 17.9 Å². The van der Waals surface area contributed by atoms with Crippen LogP contribution < -0.4 is 9.47 Å². The van der Waals surface area contributed by atoms with Gasteiger partial charge in [0.15, 0.2) is 17.6 Å². The molecular formula is C19H16O6. The molecule has 6 heteroatoms. The second kappa shape index (κ2) is 6.68. The smallest absolute Gasteiger partial charge is 0.380 e. The van der Waals surface area contributed by atoms with Gasteiger partial charge in [0.2, 0.25) is 0 Å². The maximum absolute atomic E-state index is 12.2. The molecule has 1 unspecified atom stereocenters. The standard InChI is InChI=1S/C19H16O6/c1-23-13-9-8-12(10-14(13)24-2)18-15(17(21)19(22)25-18)16(20)11-6-4-3-5-7-11/h3-10,18,20H,1-2H3/b16-15-. The highest BCUT2D eigenvalue weighted by molar-refractivity contribution is 6.44. The maximum atomic E-state index is 12.2. The number of carbonyl (C=O) groups excluding carboxylic acids is 2. The number of hydrogen-bond donors (Lipinski definition) is 1. The Balaban J connectivity index is 2.11. The highest BCUT2D eigenvalue weighted by atomic mass is 16.6. The topological polar surface area (TPSA) is 82.1 Å². The fraction of sp³-hybridized carbons (Fsp3) is 0.158. The third kappa shape index (κ3) is 2.94. The van der Waals surface area contributed by atoms with Crippen molar-refractivity contribution in [2.75, 3.05) is 14.2 Å². The van der Waals surface area contributed by atoms with E-state index in [1.165, 1.54) is 14.2 Å². The van der Waals surface area contributed by atoms with Crippen molar-refractivity contribution in [3.63, 3.8) is 0 Å². The lowest BCUT2D eigenvalue weighted by Gasteiger charge is -2.15. The Labute approximate surface area is 144 Å². The van der Waals surface area contributed by atoms with Crippen molar-refractivity contribution in [1.82, 2.24) is 0 Å². The summed E-state index contributed by atoms with van der Waals surface area (Å²) in [5, 5.41) is 10.5. The number of benzene rings is 2. The molecule has 1 aliphatic rings. The zero-order valence-electron chi connectivity index (χ0n) is 13.7.